The molecule has 0 amide bonds. The minimum absolute atomic E-state index is 0.0358. The highest BCUT2D eigenvalue weighted by molar-refractivity contribution is 6.28. The molecule has 2 aromatic heterocycles. The van der Waals surface area contributed by atoms with E-state index in [0.29, 0.717) is 23.9 Å². The number of rotatable bonds is 7. The van der Waals surface area contributed by atoms with Crippen molar-refractivity contribution in [3.05, 3.63) is 35.4 Å². The summed E-state index contributed by atoms with van der Waals surface area (Å²) in [6.07, 6.45) is -0.365. The smallest absolute Gasteiger partial charge is 0.284 e. The van der Waals surface area contributed by atoms with Crippen molar-refractivity contribution >= 4 is 11.6 Å². The van der Waals surface area contributed by atoms with E-state index in [1.165, 1.54) is 12.3 Å². The lowest BCUT2D eigenvalue weighted by Crippen LogP contribution is -2.23. The third-order valence-corrected chi connectivity index (χ3v) is 3.74. The molecular weight excluding hydrogens is 348 g/mol. The van der Waals surface area contributed by atoms with Crippen LogP contribution in [0.15, 0.2) is 24.4 Å². The third kappa shape index (κ3) is 5.59. The number of pyridine rings is 1. The maximum Gasteiger partial charge on any atom is 0.284 e. The zero-order valence-electron chi connectivity index (χ0n) is 14.8. The average Bonchev–Trinajstić information content (AvgIpc) is 2.51. The maximum absolute atomic E-state index is 13.4. The van der Waals surface area contributed by atoms with Crippen LogP contribution in [0.4, 0.5) is 8.78 Å². The summed E-state index contributed by atoms with van der Waals surface area (Å²) in [6, 6.07) is 4.66. The first-order valence-electron chi connectivity index (χ1n) is 8.09. The second-order valence-corrected chi connectivity index (χ2v) is 7.48. The van der Waals surface area contributed by atoms with Gasteiger partial charge in [-0.15, -0.1) is 0 Å². The number of hydrogen-bond donors (Lipinski definition) is 0. The summed E-state index contributed by atoms with van der Waals surface area (Å²) in [7, 11) is 0. The van der Waals surface area contributed by atoms with Gasteiger partial charge in [0.05, 0.1) is 18.0 Å². The van der Waals surface area contributed by atoms with Gasteiger partial charge in [-0.25, -0.2) is 23.7 Å². The first-order valence-corrected chi connectivity index (χ1v) is 8.46. The van der Waals surface area contributed by atoms with Crippen molar-refractivity contribution in [3.63, 3.8) is 0 Å². The zero-order valence-corrected chi connectivity index (χ0v) is 15.5. The molecule has 0 atom stereocenters. The number of aromatic nitrogens is 3. The standard InChI is InChI=1S/C18H22ClF2N3O/c1-11(2)9-18(3,4)10-25-14-6-5-12(23-15(14)16(20)21)13-7-8-22-17(19)24-13/h5-8,11,16H,9-10H2,1-4H3. The van der Waals surface area contributed by atoms with E-state index >= 15 is 0 Å². The Hall–Kier alpha value is -1.82. The molecule has 7 heteroatoms. The van der Waals surface area contributed by atoms with E-state index in [2.05, 4.69) is 42.6 Å². The van der Waals surface area contributed by atoms with Crippen LogP contribution in [-0.2, 0) is 0 Å². The van der Waals surface area contributed by atoms with Crippen LogP contribution in [0.2, 0.25) is 5.28 Å². The highest BCUT2D eigenvalue weighted by Gasteiger charge is 2.23. The van der Waals surface area contributed by atoms with Gasteiger partial charge >= 0.3 is 0 Å². The molecule has 4 nitrogen and oxygen atoms in total. The van der Waals surface area contributed by atoms with Crippen molar-refractivity contribution in [2.24, 2.45) is 11.3 Å². The van der Waals surface area contributed by atoms with E-state index in [-0.39, 0.29) is 16.4 Å². The summed E-state index contributed by atoms with van der Waals surface area (Å²) in [5.41, 5.74) is 0.168. The Morgan fingerprint density at radius 3 is 2.40 bits per heavy atom. The van der Waals surface area contributed by atoms with Crippen LogP contribution in [0.5, 0.6) is 5.75 Å². The molecule has 0 aliphatic rings. The monoisotopic (exact) mass is 369 g/mol. The molecule has 0 saturated heterocycles. The number of alkyl halides is 2. The summed E-state index contributed by atoms with van der Waals surface area (Å²) < 4.78 is 32.5. The minimum atomic E-state index is -2.75. The highest BCUT2D eigenvalue weighted by atomic mass is 35.5. The fourth-order valence-electron chi connectivity index (χ4n) is 2.80. The minimum Gasteiger partial charge on any atom is -0.491 e. The number of halogens is 3. The molecule has 0 aliphatic carbocycles. The number of hydrogen-bond acceptors (Lipinski definition) is 4. The van der Waals surface area contributed by atoms with E-state index in [1.807, 2.05) is 0 Å². The van der Waals surface area contributed by atoms with Crippen molar-refractivity contribution in [3.8, 4) is 17.1 Å². The van der Waals surface area contributed by atoms with Crippen molar-refractivity contribution in [2.75, 3.05) is 6.61 Å². The van der Waals surface area contributed by atoms with Crippen molar-refractivity contribution in [1.82, 2.24) is 15.0 Å². The molecule has 136 valence electrons. The van der Waals surface area contributed by atoms with Gasteiger partial charge in [-0.05, 0) is 47.6 Å². The van der Waals surface area contributed by atoms with Crippen LogP contribution in [0, 0.1) is 11.3 Å². The highest BCUT2D eigenvalue weighted by Crippen LogP contribution is 2.32. The van der Waals surface area contributed by atoms with Crippen LogP contribution >= 0.6 is 11.6 Å². The van der Waals surface area contributed by atoms with Crippen molar-refractivity contribution in [1.29, 1.82) is 0 Å². The summed E-state index contributed by atoms with van der Waals surface area (Å²) in [5.74, 6) is 0.590. The molecule has 0 radical (unpaired) electrons. The summed E-state index contributed by atoms with van der Waals surface area (Å²) >= 11 is 5.75. The van der Waals surface area contributed by atoms with Gasteiger partial charge in [0.2, 0.25) is 5.28 Å². The van der Waals surface area contributed by atoms with Crippen LogP contribution in [0.3, 0.4) is 0 Å². The molecule has 2 aromatic rings. The molecule has 2 heterocycles. The molecule has 0 unspecified atom stereocenters. The second kappa shape index (κ2) is 8.04. The lowest BCUT2D eigenvalue weighted by atomic mass is 9.85. The lowest BCUT2D eigenvalue weighted by molar-refractivity contribution is 0.123. The Bertz CT molecular complexity index is 723. The van der Waals surface area contributed by atoms with E-state index in [0.717, 1.165) is 6.42 Å². The molecule has 0 aromatic carbocycles. The fraction of sp³-hybridized carbons (Fsp3) is 0.500. The summed E-state index contributed by atoms with van der Waals surface area (Å²) in [5, 5.41) is 0.0358. The van der Waals surface area contributed by atoms with Gasteiger partial charge in [0.15, 0.2) is 0 Å². The SMILES string of the molecule is CC(C)CC(C)(C)COc1ccc(-c2ccnc(Cl)n2)nc1C(F)F. The molecule has 0 spiro atoms. The Morgan fingerprint density at radius 2 is 1.80 bits per heavy atom. The molecule has 0 fully saturated rings. The zero-order chi connectivity index (χ0) is 18.6. The first kappa shape index (κ1) is 19.5. The Morgan fingerprint density at radius 1 is 1.12 bits per heavy atom. The maximum atomic E-state index is 13.4. The van der Waals surface area contributed by atoms with Gasteiger partial charge in [0.25, 0.3) is 6.43 Å². The Kier molecular flexibility index (Phi) is 6.27. The van der Waals surface area contributed by atoms with Crippen molar-refractivity contribution in [2.45, 2.75) is 40.5 Å². The largest absolute Gasteiger partial charge is 0.491 e. The van der Waals surface area contributed by atoms with E-state index < -0.39 is 12.1 Å². The van der Waals surface area contributed by atoms with Crippen LogP contribution in [0.25, 0.3) is 11.4 Å². The number of ether oxygens (including phenoxy) is 1. The normalized spacial score (nSPS) is 12.0. The van der Waals surface area contributed by atoms with Gasteiger partial charge in [0.1, 0.15) is 11.4 Å². The summed E-state index contributed by atoms with van der Waals surface area (Å²) in [4.78, 5) is 11.8. The first-order chi connectivity index (χ1) is 11.7. The van der Waals surface area contributed by atoms with Crippen LogP contribution in [-0.4, -0.2) is 21.6 Å². The topological polar surface area (TPSA) is 47.9 Å². The van der Waals surface area contributed by atoms with Gasteiger partial charge in [-0.3, -0.25) is 0 Å². The predicted octanol–water partition coefficient (Wildman–Crippen LogP) is 5.58. The molecule has 25 heavy (non-hydrogen) atoms. The van der Waals surface area contributed by atoms with Crippen molar-refractivity contribution < 1.29 is 13.5 Å². The second-order valence-electron chi connectivity index (χ2n) is 7.14. The number of nitrogens with zero attached hydrogens (tertiary/aromatic N) is 3. The Balaban J connectivity index is 2.25. The van der Waals surface area contributed by atoms with Gasteiger partial charge < -0.3 is 4.74 Å². The lowest BCUT2D eigenvalue weighted by Gasteiger charge is -2.27. The van der Waals surface area contributed by atoms with E-state index in [4.69, 9.17) is 16.3 Å². The quantitative estimate of drug-likeness (QED) is 0.597. The average molecular weight is 370 g/mol. The van der Waals surface area contributed by atoms with Gasteiger partial charge in [0, 0.05) is 6.20 Å². The van der Waals surface area contributed by atoms with Gasteiger partial charge in [-0.1, -0.05) is 27.7 Å². The van der Waals surface area contributed by atoms with Crippen LogP contribution < -0.4 is 4.74 Å². The predicted molar refractivity (Wildman–Crippen MR) is 94.0 cm³/mol. The van der Waals surface area contributed by atoms with E-state index in [1.54, 1.807) is 12.1 Å². The molecule has 0 saturated carbocycles. The molecular formula is C18H22ClF2N3O. The third-order valence-electron chi connectivity index (χ3n) is 3.56. The molecule has 0 bridgehead atoms. The Labute approximate surface area is 151 Å². The van der Waals surface area contributed by atoms with Gasteiger partial charge in [-0.2, -0.15) is 0 Å². The van der Waals surface area contributed by atoms with E-state index in [9.17, 15) is 8.78 Å². The van der Waals surface area contributed by atoms with Crippen LogP contribution in [0.1, 0.15) is 46.2 Å². The molecule has 0 N–H and O–H groups in total. The molecule has 0 aliphatic heterocycles. The molecule has 2 rings (SSSR count). The fourth-order valence-corrected chi connectivity index (χ4v) is 2.95. The summed E-state index contributed by atoms with van der Waals surface area (Å²) in [6.45, 7) is 8.69.